The average Bonchev–Trinajstić information content (AvgIpc) is 2.71. The maximum Gasteiger partial charge on any atom is 0.250 e. The van der Waals surface area contributed by atoms with Crippen LogP contribution in [0.4, 0.5) is 5.95 Å². The lowest BCUT2D eigenvalue weighted by Crippen LogP contribution is -2.09. The van der Waals surface area contributed by atoms with Gasteiger partial charge in [-0.3, -0.25) is 15.2 Å². The van der Waals surface area contributed by atoms with Gasteiger partial charge < -0.3 is 0 Å². The van der Waals surface area contributed by atoms with Gasteiger partial charge in [-0.2, -0.15) is 4.98 Å². The Morgan fingerprint density at radius 1 is 1.32 bits per heavy atom. The summed E-state index contributed by atoms with van der Waals surface area (Å²) in [5, 5.41) is 9.96. The lowest BCUT2D eigenvalue weighted by atomic mass is 10.2. The normalized spacial score (nSPS) is 10.9. The first-order chi connectivity index (χ1) is 9.02. The van der Waals surface area contributed by atoms with E-state index in [-0.39, 0.29) is 11.9 Å². The number of hydrogen-bond donors (Lipinski definition) is 2. The summed E-state index contributed by atoms with van der Waals surface area (Å²) >= 11 is 11.7. The van der Waals surface area contributed by atoms with Crippen LogP contribution in [0, 0.1) is 6.92 Å². The molecule has 19 heavy (non-hydrogen) atoms. The molecule has 1 aromatic heterocycles. The van der Waals surface area contributed by atoms with E-state index in [2.05, 4.69) is 20.5 Å². The zero-order valence-corrected chi connectivity index (χ0v) is 11.5. The highest BCUT2D eigenvalue weighted by Crippen LogP contribution is 2.19. The summed E-state index contributed by atoms with van der Waals surface area (Å²) in [5.74, 6) is 0.521. The quantitative estimate of drug-likeness (QED) is 0.855. The van der Waals surface area contributed by atoms with Crippen molar-refractivity contribution < 1.29 is 4.79 Å². The first-order valence-corrected chi connectivity index (χ1v) is 6.13. The van der Waals surface area contributed by atoms with Crippen LogP contribution >= 0.6 is 23.2 Å². The Morgan fingerprint density at radius 3 is 2.58 bits per heavy atom. The molecule has 0 bridgehead atoms. The summed E-state index contributed by atoms with van der Waals surface area (Å²) in [4.78, 5) is 15.6. The number of aromatic amines is 1. The fourth-order valence-corrected chi connectivity index (χ4v) is 1.94. The lowest BCUT2D eigenvalue weighted by molar-refractivity contribution is -0.111. The number of halogens is 2. The smallest absolute Gasteiger partial charge is 0.250 e. The van der Waals surface area contributed by atoms with Crippen LogP contribution in [0.15, 0.2) is 24.3 Å². The highest BCUT2D eigenvalue weighted by molar-refractivity contribution is 6.34. The molecule has 0 unspecified atom stereocenters. The number of benzene rings is 1. The minimum atomic E-state index is -0.338. The summed E-state index contributed by atoms with van der Waals surface area (Å²) in [6.45, 7) is 1.74. The Morgan fingerprint density at radius 2 is 2.00 bits per heavy atom. The zero-order valence-electron chi connectivity index (χ0n) is 9.95. The third-order valence-electron chi connectivity index (χ3n) is 2.14. The molecule has 0 saturated carbocycles. The van der Waals surface area contributed by atoms with Gasteiger partial charge in [-0.1, -0.05) is 23.2 Å². The van der Waals surface area contributed by atoms with Gasteiger partial charge in [0.2, 0.25) is 5.95 Å². The maximum absolute atomic E-state index is 11.6. The second kappa shape index (κ2) is 5.86. The van der Waals surface area contributed by atoms with E-state index >= 15 is 0 Å². The molecule has 0 radical (unpaired) electrons. The molecule has 0 atom stereocenters. The largest absolute Gasteiger partial charge is 0.290 e. The number of aromatic nitrogens is 3. The van der Waals surface area contributed by atoms with Crippen molar-refractivity contribution in [1.29, 1.82) is 0 Å². The van der Waals surface area contributed by atoms with Crippen LogP contribution < -0.4 is 5.32 Å². The molecule has 0 saturated heterocycles. The molecule has 2 aromatic rings. The third kappa shape index (κ3) is 4.08. The Hall–Kier alpha value is -1.85. The molecule has 98 valence electrons. The minimum absolute atomic E-state index is 0.233. The van der Waals surface area contributed by atoms with Gasteiger partial charge >= 0.3 is 0 Å². The number of nitrogens with one attached hydrogen (secondary N) is 2. The number of hydrogen-bond acceptors (Lipinski definition) is 3. The highest BCUT2D eigenvalue weighted by atomic mass is 35.5. The number of H-pyrrole nitrogens is 1. The Balaban J connectivity index is 2.03. The molecule has 1 heterocycles. The summed E-state index contributed by atoms with van der Waals surface area (Å²) < 4.78 is 0. The van der Waals surface area contributed by atoms with E-state index in [0.29, 0.717) is 15.9 Å². The third-order valence-corrected chi connectivity index (χ3v) is 2.58. The fourth-order valence-electron chi connectivity index (χ4n) is 1.39. The lowest BCUT2D eigenvalue weighted by Gasteiger charge is -1.97. The van der Waals surface area contributed by atoms with Crippen molar-refractivity contribution in [3.8, 4) is 0 Å². The SMILES string of the molecule is Cc1nc(NC(=O)/C=C/c2cc(Cl)cc(Cl)c2)n[nH]1. The van der Waals surface area contributed by atoms with Crippen LogP contribution in [0.3, 0.4) is 0 Å². The molecule has 0 aliphatic heterocycles. The van der Waals surface area contributed by atoms with Gasteiger partial charge in [-0.05, 0) is 36.8 Å². The number of carbonyl (C=O) groups is 1. The average molecular weight is 297 g/mol. The fraction of sp³-hybridized carbons (Fsp3) is 0.0833. The maximum atomic E-state index is 11.6. The van der Waals surface area contributed by atoms with E-state index in [1.54, 1.807) is 31.2 Å². The molecule has 7 heteroatoms. The molecule has 5 nitrogen and oxygen atoms in total. The van der Waals surface area contributed by atoms with Crippen LogP contribution in [0.1, 0.15) is 11.4 Å². The summed E-state index contributed by atoms with van der Waals surface area (Å²) in [5.41, 5.74) is 0.735. The Bertz CT molecular complexity index is 616. The van der Waals surface area contributed by atoms with Crippen LogP contribution in [0.5, 0.6) is 0 Å². The molecule has 0 spiro atoms. The van der Waals surface area contributed by atoms with E-state index < -0.39 is 0 Å². The van der Waals surface area contributed by atoms with E-state index in [1.165, 1.54) is 6.08 Å². The molecule has 2 N–H and O–H groups in total. The number of amides is 1. The van der Waals surface area contributed by atoms with Gasteiger partial charge in [0.05, 0.1) is 0 Å². The van der Waals surface area contributed by atoms with Crippen LogP contribution in [0.2, 0.25) is 10.0 Å². The number of carbonyl (C=O) groups excluding carboxylic acids is 1. The predicted molar refractivity (Wildman–Crippen MR) is 75.2 cm³/mol. The first-order valence-electron chi connectivity index (χ1n) is 5.37. The first kappa shape index (κ1) is 13.6. The number of nitrogens with zero attached hydrogens (tertiary/aromatic N) is 2. The van der Waals surface area contributed by atoms with Gasteiger partial charge in [0.1, 0.15) is 5.82 Å². The van der Waals surface area contributed by atoms with Gasteiger partial charge in [0, 0.05) is 16.1 Å². The van der Waals surface area contributed by atoms with Crippen molar-refractivity contribution >= 4 is 41.1 Å². The van der Waals surface area contributed by atoms with Crippen molar-refractivity contribution in [2.45, 2.75) is 6.92 Å². The summed E-state index contributed by atoms with van der Waals surface area (Å²) in [6.07, 6.45) is 2.96. The number of anilines is 1. The number of rotatable bonds is 3. The van der Waals surface area contributed by atoms with Crippen molar-refractivity contribution in [1.82, 2.24) is 15.2 Å². The molecule has 0 aliphatic carbocycles. The van der Waals surface area contributed by atoms with Crippen LogP contribution in [-0.2, 0) is 4.79 Å². The Kier molecular flexibility index (Phi) is 4.19. The van der Waals surface area contributed by atoms with E-state index in [9.17, 15) is 4.79 Å². The van der Waals surface area contributed by atoms with E-state index in [4.69, 9.17) is 23.2 Å². The second-order valence-electron chi connectivity index (χ2n) is 3.77. The monoisotopic (exact) mass is 296 g/mol. The number of aryl methyl sites for hydroxylation is 1. The molecule has 1 aromatic carbocycles. The Labute approximate surface area is 119 Å². The van der Waals surface area contributed by atoms with Gasteiger partial charge in [-0.25, -0.2) is 0 Å². The van der Waals surface area contributed by atoms with Gasteiger partial charge in [0.25, 0.3) is 5.91 Å². The minimum Gasteiger partial charge on any atom is -0.290 e. The molecule has 0 fully saturated rings. The van der Waals surface area contributed by atoms with Crippen LogP contribution in [0.25, 0.3) is 6.08 Å². The zero-order chi connectivity index (χ0) is 13.8. The topological polar surface area (TPSA) is 70.7 Å². The molecule has 2 rings (SSSR count). The van der Waals surface area contributed by atoms with Crippen molar-refractivity contribution in [3.63, 3.8) is 0 Å². The van der Waals surface area contributed by atoms with Crippen molar-refractivity contribution in [2.75, 3.05) is 5.32 Å². The van der Waals surface area contributed by atoms with Gasteiger partial charge in [0.15, 0.2) is 0 Å². The van der Waals surface area contributed by atoms with Crippen molar-refractivity contribution in [2.24, 2.45) is 0 Å². The molecule has 0 aliphatic rings. The molecular formula is C12H10Cl2N4O. The molecular weight excluding hydrogens is 287 g/mol. The summed E-state index contributed by atoms with van der Waals surface area (Å²) in [7, 11) is 0. The predicted octanol–water partition coefficient (Wildman–Crippen LogP) is 3.07. The van der Waals surface area contributed by atoms with E-state index in [1.807, 2.05) is 0 Å². The van der Waals surface area contributed by atoms with E-state index in [0.717, 1.165) is 5.56 Å². The standard InChI is InChI=1S/C12H10Cl2N4O/c1-7-15-12(18-17-7)16-11(19)3-2-8-4-9(13)6-10(14)5-8/h2-6H,1H3,(H2,15,16,17,18,19)/b3-2+. The summed E-state index contributed by atoms with van der Waals surface area (Å²) in [6, 6.07) is 5.03. The van der Waals surface area contributed by atoms with Gasteiger partial charge in [-0.15, -0.1) is 5.10 Å². The van der Waals surface area contributed by atoms with Crippen molar-refractivity contribution in [3.05, 3.63) is 45.7 Å². The van der Waals surface area contributed by atoms with Crippen LogP contribution in [-0.4, -0.2) is 21.1 Å². The second-order valence-corrected chi connectivity index (χ2v) is 4.64. The highest BCUT2D eigenvalue weighted by Gasteiger charge is 2.02. The molecule has 1 amide bonds.